The van der Waals surface area contributed by atoms with E-state index in [4.69, 9.17) is 4.74 Å². The maximum Gasteiger partial charge on any atom is 0.411 e. The molecule has 1 saturated heterocycles. The van der Waals surface area contributed by atoms with Gasteiger partial charge in [0, 0.05) is 17.8 Å². The number of benzene rings is 3. The quantitative estimate of drug-likeness (QED) is 0.435. The van der Waals surface area contributed by atoms with E-state index in [1.54, 1.807) is 36.4 Å². The third kappa shape index (κ3) is 6.36. The zero-order valence-electron chi connectivity index (χ0n) is 21.7. The molecule has 7 heteroatoms. The Balaban J connectivity index is 1.59. The highest BCUT2D eigenvalue weighted by Crippen LogP contribution is 2.35. The first kappa shape index (κ1) is 25.9. The van der Waals surface area contributed by atoms with Crippen molar-refractivity contribution in [1.29, 1.82) is 0 Å². The third-order valence-electron chi connectivity index (χ3n) is 6.30. The molecule has 0 aromatic heterocycles. The Bertz CT molecular complexity index is 1270. The maximum atomic E-state index is 13.4. The molecule has 0 saturated carbocycles. The Hall–Kier alpha value is -4.13. The number of cyclic esters (lactones) is 1. The largest absolute Gasteiger partial charge is 0.438 e. The van der Waals surface area contributed by atoms with Gasteiger partial charge in [-0.15, -0.1) is 0 Å². The highest BCUT2D eigenvalue weighted by molar-refractivity contribution is 6.04. The van der Waals surface area contributed by atoms with E-state index < -0.39 is 18.2 Å². The number of ether oxygens (including phenoxy) is 1. The Kier molecular flexibility index (Phi) is 7.92. The first-order chi connectivity index (χ1) is 17.7. The molecule has 0 bridgehead atoms. The van der Waals surface area contributed by atoms with Gasteiger partial charge in [0.15, 0.2) is 12.1 Å². The average Bonchev–Trinajstić information content (AvgIpc) is 3.20. The van der Waals surface area contributed by atoms with Crippen LogP contribution in [0.15, 0.2) is 72.8 Å². The summed E-state index contributed by atoms with van der Waals surface area (Å²) >= 11 is 0. The molecule has 0 radical (unpaired) electrons. The molecule has 1 aliphatic heterocycles. The number of rotatable bonds is 8. The number of anilines is 1. The lowest BCUT2D eigenvalue weighted by molar-refractivity contribution is -0.126. The normalized spacial score (nSPS) is 17.0. The van der Waals surface area contributed by atoms with Crippen LogP contribution in [0.5, 0.6) is 0 Å². The van der Waals surface area contributed by atoms with Gasteiger partial charge in [-0.1, -0.05) is 73.5 Å². The molecule has 7 nitrogen and oxygen atoms in total. The average molecular weight is 500 g/mol. The Morgan fingerprint density at radius 1 is 0.946 bits per heavy atom. The van der Waals surface area contributed by atoms with Crippen molar-refractivity contribution in [3.8, 4) is 0 Å². The van der Waals surface area contributed by atoms with Crippen molar-refractivity contribution in [2.45, 2.75) is 46.4 Å². The minimum Gasteiger partial charge on any atom is -0.438 e. The van der Waals surface area contributed by atoms with Crippen LogP contribution in [0, 0.1) is 19.8 Å². The summed E-state index contributed by atoms with van der Waals surface area (Å²) in [7, 11) is 0. The molecule has 3 aromatic carbocycles. The minimum atomic E-state index is -0.851. The molecule has 2 N–H and O–H groups in total. The standard InChI is InChI=1S/C30H33N3O4/c1-19(2)17-31-29(35)26-27(37-30(36)33(26)18-22-12-8-20(3)9-13-22)24-6-5-7-25(16-24)32-28(34)23-14-10-21(4)11-15-23/h5-16,19,26-27H,17-18H2,1-4H3,(H,31,35)(H,32,34)/t26-,27+/m1/s1. The summed E-state index contributed by atoms with van der Waals surface area (Å²) in [5.74, 6) is -0.259. The van der Waals surface area contributed by atoms with Crippen molar-refractivity contribution in [3.05, 3.63) is 101 Å². The lowest BCUT2D eigenvalue weighted by Crippen LogP contribution is -2.47. The first-order valence-corrected chi connectivity index (χ1v) is 12.5. The molecule has 192 valence electrons. The van der Waals surface area contributed by atoms with Gasteiger partial charge in [0.25, 0.3) is 5.91 Å². The topological polar surface area (TPSA) is 87.7 Å². The summed E-state index contributed by atoms with van der Waals surface area (Å²) in [6.07, 6.45) is -1.37. The van der Waals surface area contributed by atoms with E-state index in [9.17, 15) is 14.4 Å². The molecule has 1 aliphatic rings. The molecule has 37 heavy (non-hydrogen) atoms. The number of nitrogens with one attached hydrogen (secondary N) is 2. The molecular formula is C30H33N3O4. The van der Waals surface area contributed by atoms with Crippen molar-refractivity contribution in [2.75, 3.05) is 11.9 Å². The molecule has 0 unspecified atom stereocenters. The zero-order valence-corrected chi connectivity index (χ0v) is 21.7. The summed E-state index contributed by atoms with van der Waals surface area (Å²) in [6, 6.07) is 21.4. The number of nitrogens with zero attached hydrogens (tertiary/aromatic N) is 1. The number of amides is 3. The van der Waals surface area contributed by atoms with Gasteiger partial charge in [-0.05, 0) is 55.2 Å². The predicted octanol–water partition coefficient (Wildman–Crippen LogP) is 5.39. The summed E-state index contributed by atoms with van der Waals surface area (Å²) in [5, 5.41) is 5.86. The van der Waals surface area contributed by atoms with Crippen LogP contribution in [0.1, 0.15) is 52.6 Å². The maximum absolute atomic E-state index is 13.4. The van der Waals surface area contributed by atoms with Gasteiger partial charge in [0.05, 0.1) is 6.54 Å². The van der Waals surface area contributed by atoms with Crippen molar-refractivity contribution in [1.82, 2.24) is 10.2 Å². The summed E-state index contributed by atoms with van der Waals surface area (Å²) in [6.45, 7) is 8.72. The van der Waals surface area contributed by atoms with Crippen LogP contribution in [0.3, 0.4) is 0 Å². The fraction of sp³-hybridized carbons (Fsp3) is 0.300. The van der Waals surface area contributed by atoms with Crippen molar-refractivity contribution in [2.24, 2.45) is 5.92 Å². The molecular weight excluding hydrogens is 466 g/mol. The number of carbonyl (C=O) groups excluding carboxylic acids is 3. The van der Waals surface area contributed by atoms with Gasteiger partial charge < -0.3 is 15.4 Å². The van der Waals surface area contributed by atoms with Gasteiger partial charge in [-0.3, -0.25) is 14.5 Å². The van der Waals surface area contributed by atoms with Gasteiger partial charge in [0.1, 0.15) is 0 Å². The van der Waals surface area contributed by atoms with E-state index in [2.05, 4.69) is 10.6 Å². The van der Waals surface area contributed by atoms with Gasteiger partial charge in [-0.2, -0.15) is 0 Å². The Morgan fingerprint density at radius 3 is 2.24 bits per heavy atom. The lowest BCUT2D eigenvalue weighted by atomic mass is 9.99. The van der Waals surface area contributed by atoms with Crippen molar-refractivity contribution >= 4 is 23.6 Å². The van der Waals surface area contributed by atoms with Gasteiger partial charge in [0.2, 0.25) is 5.91 Å². The second kappa shape index (κ2) is 11.3. The Morgan fingerprint density at radius 2 is 1.59 bits per heavy atom. The second-order valence-corrected chi connectivity index (χ2v) is 9.95. The van der Waals surface area contributed by atoms with Crippen molar-refractivity contribution < 1.29 is 19.1 Å². The predicted molar refractivity (Wildman–Crippen MR) is 143 cm³/mol. The van der Waals surface area contributed by atoms with Crippen LogP contribution < -0.4 is 10.6 Å². The summed E-state index contributed by atoms with van der Waals surface area (Å²) in [5.41, 5.74) is 4.81. The van der Waals surface area contributed by atoms with Crippen LogP contribution in [0.2, 0.25) is 0 Å². The minimum absolute atomic E-state index is 0.243. The van der Waals surface area contributed by atoms with E-state index in [1.165, 1.54) is 4.90 Å². The fourth-order valence-electron chi connectivity index (χ4n) is 4.21. The van der Waals surface area contributed by atoms with Crippen LogP contribution in [-0.2, 0) is 16.1 Å². The van der Waals surface area contributed by atoms with E-state index in [0.29, 0.717) is 23.4 Å². The monoisotopic (exact) mass is 499 g/mol. The summed E-state index contributed by atoms with van der Waals surface area (Å²) < 4.78 is 5.77. The molecule has 4 rings (SSSR count). The second-order valence-electron chi connectivity index (χ2n) is 9.95. The Labute approximate surface area is 217 Å². The smallest absolute Gasteiger partial charge is 0.411 e. The molecule has 3 aromatic rings. The molecule has 3 amide bonds. The summed E-state index contributed by atoms with van der Waals surface area (Å²) in [4.78, 5) is 40.6. The van der Waals surface area contributed by atoms with Crippen LogP contribution in [-0.4, -0.2) is 35.4 Å². The molecule has 0 spiro atoms. The third-order valence-corrected chi connectivity index (χ3v) is 6.30. The molecule has 2 atom stereocenters. The molecule has 1 fully saturated rings. The van der Waals surface area contributed by atoms with Gasteiger partial charge >= 0.3 is 6.09 Å². The van der Waals surface area contributed by atoms with Gasteiger partial charge in [-0.25, -0.2) is 4.79 Å². The number of aryl methyl sites for hydroxylation is 2. The highest BCUT2D eigenvalue weighted by atomic mass is 16.6. The fourth-order valence-corrected chi connectivity index (χ4v) is 4.21. The molecule has 0 aliphatic carbocycles. The van der Waals surface area contributed by atoms with Crippen LogP contribution >= 0.6 is 0 Å². The number of hydrogen-bond donors (Lipinski definition) is 2. The lowest BCUT2D eigenvalue weighted by Gasteiger charge is -2.25. The highest BCUT2D eigenvalue weighted by Gasteiger charge is 2.47. The SMILES string of the molecule is Cc1ccc(CN2C(=O)O[C@@H](c3cccc(NC(=O)c4ccc(C)cc4)c3)[C@@H]2C(=O)NCC(C)C)cc1. The van der Waals surface area contributed by atoms with E-state index >= 15 is 0 Å². The van der Waals surface area contributed by atoms with Crippen molar-refractivity contribution in [3.63, 3.8) is 0 Å². The van der Waals surface area contributed by atoms with Crippen LogP contribution in [0.4, 0.5) is 10.5 Å². The molecule has 1 heterocycles. The van der Waals surface area contributed by atoms with E-state index in [0.717, 1.165) is 16.7 Å². The number of carbonyl (C=O) groups is 3. The van der Waals surface area contributed by atoms with Crippen LogP contribution in [0.25, 0.3) is 0 Å². The number of hydrogen-bond acceptors (Lipinski definition) is 4. The van der Waals surface area contributed by atoms with E-state index in [1.807, 2.05) is 64.1 Å². The van der Waals surface area contributed by atoms with E-state index in [-0.39, 0.29) is 24.3 Å². The zero-order chi connectivity index (χ0) is 26.5. The first-order valence-electron chi connectivity index (χ1n) is 12.5.